The van der Waals surface area contributed by atoms with Crippen molar-refractivity contribution in [2.45, 2.75) is 45.4 Å². The van der Waals surface area contributed by atoms with Gasteiger partial charge in [0.1, 0.15) is 29.1 Å². The summed E-state index contributed by atoms with van der Waals surface area (Å²) in [4.78, 5) is 0. The van der Waals surface area contributed by atoms with Gasteiger partial charge in [-0.05, 0) is 78.6 Å². The molecule has 31 heavy (non-hydrogen) atoms. The third kappa shape index (κ3) is 4.23. The maximum absolute atomic E-state index is 14.9. The summed E-state index contributed by atoms with van der Waals surface area (Å²) in [5, 5.41) is 0. The molecule has 1 saturated carbocycles. The second-order valence-electron chi connectivity index (χ2n) is 8.58. The van der Waals surface area contributed by atoms with Crippen molar-refractivity contribution in [3.05, 3.63) is 82.7 Å². The molecule has 0 bridgehead atoms. The van der Waals surface area contributed by atoms with Crippen molar-refractivity contribution in [2.24, 2.45) is 5.92 Å². The van der Waals surface area contributed by atoms with Gasteiger partial charge >= 0.3 is 0 Å². The van der Waals surface area contributed by atoms with Gasteiger partial charge in [0.15, 0.2) is 0 Å². The lowest BCUT2D eigenvalue weighted by molar-refractivity contribution is 0.347. The lowest BCUT2D eigenvalue weighted by atomic mass is 9.79. The van der Waals surface area contributed by atoms with Crippen molar-refractivity contribution in [1.82, 2.24) is 0 Å². The molecule has 162 valence electrons. The summed E-state index contributed by atoms with van der Waals surface area (Å²) >= 11 is 0. The van der Waals surface area contributed by atoms with E-state index in [2.05, 4.69) is 6.92 Å². The first-order valence-electron chi connectivity index (χ1n) is 10.5. The van der Waals surface area contributed by atoms with Gasteiger partial charge in [0.2, 0.25) is 0 Å². The fourth-order valence-electron chi connectivity index (χ4n) is 4.41. The predicted octanol–water partition coefficient (Wildman–Crippen LogP) is 8.32. The summed E-state index contributed by atoms with van der Waals surface area (Å²) in [6, 6.07) is 8.57. The summed E-state index contributed by atoms with van der Waals surface area (Å²) in [6.07, 6.45) is 4.21. The molecule has 1 fully saturated rings. The number of hydrogen-bond donors (Lipinski definition) is 0. The minimum atomic E-state index is -1.01. The minimum Gasteiger partial charge on any atom is -0.207 e. The first-order valence-corrected chi connectivity index (χ1v) is 10.5. The topological polar surface area (TPSA) is 0 Å². The molecule has 0 heterocycles. The largest absolute Gasteiger partial charge is 0.207 e. The lowest BCUT2D eigenvalue weighted by Gasteiger charge is -2.26. The molecule has 5 heteroatoms. The second-order valence-corrected chi connectivity index (χ2v) is 8.58. The third-order valence-electron chi connectivity index (χ3n) is 6.40. The fourth-order valence-corrected chi connectivity index (χ4v) is 4.41. The molecule has 0 nitrogen and oxygen atoms in total. The Morgan fingerprint density at radius 3 is 1.74 bits per heavy atom. The molecule has 0 radical (unpaired) electrons. The first-order chi connectivity index (χ1) is 14.7. The molecule has 0 spiro atoms. The third-order valence-corrected chi connectivity index (χ3v) is 6.40. The van der Waals surface area contributed by atoms with E-state index in [9.17, 15) is 22.0 Å². The van der Waals surface area contributed by atoms with E-state index in [1.807, 2.05) is 6.07 Å². The molecule has 0 amide bonds. The van der Waals surface area contributed by atoms with Gasteiger partial charge < -0.3 is 0 Å². The number of benzene rings is 3. The molecule has 3 aromatic carbocycles. The van der Waals surface area contributed by atoms with E-state index in [0.717, 1.165) is 55.5 Å². The Hall–Kier alpha value is -2.69. The number of halogens is 5. The molecule has 1 aliphatic rings. The molecule has 1 aliphatic carbocycles. The fraction of sp³-hybridized carbons (Fsp3) is 0.308. The van der Waals surface area contributed by atoms with E-state index in [4.69, 9.17) is 0 Å². The minimum absolute atomic E-state index is 0.0353. The van der Waals surface area contributed by atoms with Crippen molar-refractivity contribution < 1.29 is 22.0 Å². The monoisotopic (exact) mass is 430 g/mol. The predicted molar refractivity (Wildman–Crippen MR) is 112 cm³/mol. The van der Waals surface area contributed by atoms with Gasteiger partial charge in [0.25, 0.3) is 0 Å². The van der Waals surface area contributed by atoms with E-state index < -0.39 is 34.6 Å². The molecular formula is C26H23F5. The van der Waals surface area contributed by atoms with Gasteiger partial charge in [0, 0.05) is 11.1 Å². The van der Waals surface area contributed by atoms with Crippen LogP contribution in [0, 0.1) is 41.9 Å². The standard InChI is InChI=1S/C26H23F5/c1-14-3-5-16(6-4-14)17-7-8-20(23(29)9-17)18-10-24(30)26(25(31)11-18)19-12-21(27)15(2)22(28)13-19/h7-14,16H,3-6H2,1-2H3. The Bertz CT molecular complexity index is 1080. The summed E-state index contributed by atoms with van der Waals surface area (Å²) in [6.45, 7) is 3.45. The van der Waals surface area contributed by atoms with Gasteiger partial charge in [-0.2, -0.15) is 0 Å². The van der Waals surface area contributed by atoms with Crippen LogP contribution < -0.4 is 0 Å². The quantitative estimate of drug-likeness (QED) is 0.367. The Balaban J connectivity index is 1.68. The zero-order valence-electron chi connectivity index (χ0n) is 17.4. The Morgan fingerprint density at radius 2 is 1.19 bits per heavy atom. The highest BCUT2D eigenvalue weighted by molar-refractivity contribution is 5.72. The molecule has 0 N–H and O–H groups in total. The summed E-state index contributed by atoms with van der Waals surface area (Å²) in [5.41, 5.74) is -0.00171. The van der Waals surface area contributed by atoms with Crippen LogP contribution in [0.2, 0.25) is 0 Å². The average Bonchev–Trinajstić information content (AvgIpc) is 2.72. The van der Waals surface area contributed by atoms with Crippen LogP contribution in [0.1, 0.15) is 49.7 Å². The van der Waals surface area contributed by atoms with E-state index >= 15 is 0 Å². The van der Waals surface area contributed by atoms with Crippen LogP contribution in [0.4, 0.5) is 22.0 Å². The van der Waals surface area contributed by atoms with Crippen molar-refractivity contribution in [3.63, 3.8) is 0 Å². The second kappa shape index (κ2) is 8.45. The van der Waals surface area contributed by atoms with Crippen molar-refractivity contribution >= 4 is 0 Å². The average molecular weight is 430 g/mol. The van der Waals surface area contributed by atoms with Gasteiger partial charge in [-0.25, -0.2) is 22.0 Å². The van der Waals surface area contributed by atoms with Crippen LogP contribution in [-0.2, 0) is 0 Å². The zero-order valence-corrected chi connectivity index (χ0v) is 17.4. The van der Waals surface area contributed by atoms with Crippen LogP contribution in [0.3, 0.4) is 0 Å². The van der Waals surface area contributed by atoms with Gasteiger partial charge in [-0.15, -0.1) is 0 Å². The summed E-state index contributed by atoms with van der Waals surface area (Å²) in [5.74, 6) is -3.38. The normalized spacial score (nSPS) is 18.9. The molecule has 0 aliphatic heterocycles. The maximum atomic E-state index is 14.9. The van der Waals surface area contributed by atoms with Gasteiger partial charge in [-0.3, -0.25) is 0 Å². The SMILES string of the molecule is Cc1c(F)cc(-c2c(F)cc(-c3ccc(C4CCC(C)CC4)cc3F)cc2F)cc1F. The van der Waals surface area contributed by atoms with Gasteiger partial charge in [0.05, 0.1) is 5.56 Å². The first kappa shape index (κ1) is 21.5. The van der Waals surface area contributed by atoms with Crippen LogP contribution in [0.15, 0.2) is 42.5 Å². The molecule has 0 aromatic heterocycles. The smallest absolute Gasteiger partial charge is 0.134 e. The molecular weight excluding hydrogens is 407 g/mol. The van der Waals surface area contributed by atoms with Crippen molar-refractivity contribution in [3.8, 4) is 22.3 Å². The van der Waals surface area contributed by atoms with E-state index in [1.54, 1.807) is 6.07 Å². The molecule has 4 rings (SSSR count). The Morgan fingerprint density at radius 1 is 0.645 bits per heavy atom. The van der Waals surface area contributed by atoms with Crippen molar-refractivity contribution in [2.75, 3.05) is 0 Å². The van der Waals surface area contributed by atoms with E-state index in [0.29, 0.717) is 11.8 Å². The van der Waals surface area contributed by atoms with Gasteiger partial charge in [-0.1, -0.05) is 31.9 Å². The Kier molecular flexibility index (Phi) is 5.87. The molecule has 0 saturated heterocycles. The molecule has 3 aromatic rings. The van der Waals surface area contributed by atoms with Crippen molar-refractivity contribution in [1.29, 1.82) is 0 Å². The van der Waals surface area contributed by atoms with E-state index in [-0.39, 0.29) is 22.3 Å². The zero-order chi connectivity index (χ0) is 22.3. The highest BCUT2D eigenvalue weighted by Crippen LogP contribution is 2.38. The lowest BCUT2D eigenvalue weighted by Crippen LogP contribution is -2.11. The summed E-state index contributed by atoms with van der Waals surface area (Å²) < 4.78 is 72.1. The van der Waals surface area contributed by atoms with Crippen LogP contribution in [0.5, 0.6) is 0 Å². The highest BCUT2D eigenvalue weighted by atomic mass is 19.1. The van der Waals surface area contributed by atoms with Crippen LogP contribution in [0.25, 0.3) is 22.3 Å². The number of rotatable bonds is 3. The highest BCUT2D eigenvalue weighted by Gasteiger charge is 2.22. The summed E-state index contributed by atoms with van der Waals surface area (Å²) in [7, 11) is 0. The Labute approximate surface area is 178 Å². The maximum Gasteiger partial charge on any atom is 0.134 e. The number of hydrogen-bond acceptors (Lipinski definition) is 0. The molecule has 0 atom stereocenters. The molecule has 0 unspecified atom stereocenters. The van der Waals surface area contributed by atoms with Crippen LogP contribution >= 0.6 is 0 Å². The van der Waals surface area contributed by atoms with E-state index in [1.165, 1.54) is 13.0 Å². The van der Waals surface area contributed by atoms with Crippen LogP contribution in [-0.4, -0.2) is 0 Å².